The Hall–Kier alpha value is -3.39. The van der Waals surface area contributed by atoms with Crippen LogP contribution in [0, 0.1) is 11.8 Å². The molecule has 1 aliphatic heterocycles. The first-order chi connectivity index (χ1) is 17.0. The third kappa shape index (κ3) is 4.89. The molecule has 5 rings (SSSR count). The van der Waals surface area contributed by atoms with Crippen molar-refractivity contribution in [2.75, 3.05) is 19.8 Å². The lowest BCUT2D eigenvalue weighted by molar-refractivity contribution is -0.145. The molecule has 2 aromatic rings. The lowest BCUT2D eigenvalue weighted by atomic mass is 9.79. The SMILES string of the molecule is O=C(NC[C@@H]1C[C@H](C(=O)NC(C(=O)O)C2CCC2)CO1)OCC1c2ccccc2-c2ccccc21. The fraction of sp³-hybridized carbons (Fsp3) is 0.444. The number of aliphatic carboxylic acids is 1. The Bertz CT molecular complexity index is 1070. The van der Waals surface area contributed by atoms with Crippen LogP contribution < -0.4 is 10.6 Å². The van der Waals surface area contributed by atoms with Gasteiger partial charge in [-0.05, 0) is 47.4 Å². The van der Waals surface area contributed by atoms with E-state index in [2.05, 4.69) is 34.9 Å². The lowest BCUT2D eigenvalue weighted by Crippen LogP contribution is -2.50. The Morgan fingerprint density at radius 2 is 1.69 bits per heavy atom. The number of rotatable bonds is 8. The average Bonchev–Trinajstić information content (AvgIpc) is 3.43. The van der Waals surface area contributed by atoms with Crippen LogP contribution in [0.2, 0.25) is 0 Å². The molecule has 1 unspecified atom stereocenters. The monoisotopic (exact) mass is 478 g/mol. The maximum atomic E-state index is 12.6. The quantitative estimate of drug-likeness (QED) is 0.537. The van der Waals surface area contributed by atoms with Gasteiger partial charge in [-0.2, -0.15) is 0 Å². The van der Waals surface area contributed by atoms with E-state index in [9.17, 15) is 19.5 Å². The molecule has 2 fully saturated rings. The number of carbonyl (C=O) groups is 3. The van der Waals surface area contributed by atoms with Crippen LogP contribution in [0.3, 0.4) is 0 Å². The number of nitrogens with one attached hydrogen (secondary N) is 2. The fourth-order valence-corrected chi connectivity index (χ4v) is 5.30. The topological polar surface area (TPSA) is 114 Å². The summed E-state index contributed by atoms with van der Waals surface area (Å²) in [7, 11) is 0. The molecule has 35 heavy (non-hydrogen) atoms. The van der Waals surface area contributed by atoms with Gasteiger partial charge in [0.25, 0.3) is 0 Å². The van der Waals surface area contributed by atoms with Gasteiger partial charge in [-0.25, -0.2) is 9.59 Å². The van der Waals surface area contributed by atoms with Gasteiger partial charge in [0, 0.05) is 12.5 Å². The molecule has 184 valence electrons. The number of carboxylic acids is 1. The van der Waals surface area contributed by atoms with Crippen molar-refractivity contribution < 1.29 is 29.0 Å². The number of carbonyl (C=O) groups excluding carboxylic acids is 2. The third-order valence-electron chi connectivity index (χ3n) is 7.45. The van der Waals surface area contributed by atoms with E-state index < -0.39 is 24.0 Å². The molecule has 2 amide bonds. The predicted molar refractivity (Wildman–Crippen MR) is 128 cm³/mol. The first-order valence-corrected chi connectivity index (χ1v) is 12.2. The molecule has 1 saturated heterocycles. The molecule has 3 aliphatic rings. The van der Waals surface area contributed by atoms with Crippen LogP contribution in [0.25, 0.3) is 11.1 Å². The fourth-order valence-electron chi connectivity index (χ4n) is 5.30. The highest BCUT2D eigenvalue weighted by Gasteiger charge is 2.37. The van der Waals surface area contributed by atoms with E-state index in [1.807, 2.05) is 24.3 Å². The number of fused-ring (bicyclic) bond motifs is 3. The van der Waals surface area contributed by atoms with Gasteiger partial charge in [0.1, 0.15) is 12.6 Å². The van der Waals surface area contributed by atoms with Crippen molar-refractivity contribution in [2.45, 2.75) is 43.7 Å². The molecule has 1 heterocycles. The molecule has 8 heteroatoms. The lowest BCUT2D eigenvalue weighted by Gasteiger charge is -2.32. The van der Waals surface area contributed by atoms with Crippen molar-refractivity contribution in [3.05, 3.63) is 59.7 Å². The number of amides is 2. The van der Waals surface area contributed by atoms with Crippen LogP contribution in [-0.2, 0) is 19.1 Å². The average molecular weight is 479 g/mol. The predicted octanol–water partition coefficient (Wildman–Crippen LogP) is 3.30. The number of alkyl carbamates (subject to hydrolysis) is 1. The molecule has 3 N–H and O–H groups in total. The number of hydrogen-bond donors (Lipinski definition) is 3. The summed E-state index contributed by atoms with van der Waals surface area (Å²) >= 11 is 0. The summed E-state index contributed by atoms with van der Waals surface area (Å²) in [6, 6.07) is 15.5. The molecule has 3 atom stereocenters. The van der Waals surface area contributed by atoms with Crippen molar-refractivity contribution in [2.24, 2.45) is 11.8 Å². The molecule has 2 aromatic carbocycles. The van der Waals surface area contributed by atoms with Gasteiger partial charge < -0.3 is 25.2 Å². The minimum Gasteiger partial charge on any atom is -0.480 e. The van der Waals surface area contributed by atoms with Gasteiger partial charge in [0.05, 0.1) is 18.6 Å². The zero-order chi connectivity index (χ0) is 24.4. The van der Waals surface area contributed by atoms with Crippen LogP contribution in [0.1, 0.15) is 42.7 Å². The molecule has 0 spiro atoms. The summed E-state index contributed by atoms with van der Waals surface area (Å²) < 4.78 is 11.2. The molecule has 2 aliphatic carbocycles. The van der Waals surface area contributed by atoms with E-state index in [1.54, 1.807) is 0 Å². The summed E-state index contributed by atoms with van der Waals surface area (Å²) in [6.07, 6.45) is 2.22. The molecule has 0 aromatic heterocycles. The van der Waals surface area contributed by atoms with Crippen LogP contribution in [0.15, 0.2) is 48.5 Å². The number of ether oxygens (including phenoxy) is 2. The Kier molecular flexibility index (Phi) is 6.72. The summed E-state index contributed by atoms with van der Waals surface area (Å²) in [4.78, 5) is 36.5. The van der Waals surface area contributed by atoms with E-state index in [4.69, 9.17) is 9.47 Å². The summed E-state index contributed by atoms with van der Waals surface area (Å²) in [5.41, 5.74) is 4.64. The van der Waals surface area contributed by atoms with Crippen LogP contribution >= 0.6 is 0 Å². The van der Waals surface area contributed by atoms with E-state index in [0.717, 1.165) is 30.4 Å². The smallest absolute Gasteiger partial charge is 0.407 e. The van der Waals surface area contributed by atoms with Gasteiger partial charge in [-0.15, -0.1) is 0 Å². The second kappa shape index (κ2) is 10.1. The second-order valence-corrected chi connectivity index (χ2v) is 9.61. The van der Waals surface area contributed by atoms with Crippen molar-refractivity contribution in [1.82, 2.24) is 10.6 Å². The minimum atomic E-state index is -0.990. The number of carboxylic acid groups (broad SMARTS) is 1. The highest BCUT2D eigenvalue weighted by molar-refractivity contribution is 5.85. The molecule has 0 bridgehead atoms. The molecule has 0 radical (unpaired) electrons. The molecular formula is C27H30N2O6. The van der Waals surface area contributed by atoms with Gasteiger partial charge in [-0.3, -0.25) is 4.79 Å². The Morgan fingerprint density at radius 3 is 2.29 bits per heavy atom. The highest BCUT2D eigenvalue weighted by Crippen LogP contribution is 2.44. The second-order valence-electron chi connectivity index (χ2n) is 9.61. The van der Waals surface area contributed by atoms with E-state index in [1.165, 1.54) is 11.1 Å². The van der Waals surface area contributed by atoms with Crippen LogP contribution in [-0.4, -0.2) is 55.0 Å². The van der Waals surface area contributed by atoms with E-state index in [-0.39, 0.29) is 43.6 Å². The first kappa shape index (κ1) is 23.4. The minimum absolute atomic E-state index is 0.00445. The zero-order valence-corrected chi connectivity index (χ0v) is 19.4. The third-order valence-corrected chi connectivity index (χ3v) is 7.45. The van der Waals surface area contributed by atoms with Crippen LogP contribution in [0.5, 0.6) is 0 Å². The summed E-state index contributed by atoms with van der Waals surface area (Å²) in [5, 5.41) is 14.9. The van der Waals surface area contributed by atoms with E-state index >= 15 is 0 Å². The Labute approximate surface area is 204 Å². The maximum Gasteiger partial charge on any atom is 0.407 e. The van der Waals surface area contributed by atoms with Gasteiger partial charge in [-0.1, -0.05) is 55.0 Å². The normalized spacial score (nSPS) is 21.9. The Balaban J connectivity index is 1.08. The first-order valence-electron chi connectivity index (χ1n) is 12.2. The van der Waals surface area contributed by atoms with Gasteiger partial charge in [0.2, 0.25) is 5.91 Å². The number of hydrogen-bond acceptors (Lipinski definition) is 5. The summed E-state index contributed by atoms with van der Waals surface area (Å²) in [5.74, 6) is -1.72. The van der Waals surface area contributed by atoms with E-state index in [0.29, 0.717) is 6.42 Å². The molecule has 8 nitrogen and oxygen atoms in total. The highest BCUT2D eigenvalue weighted by atomic mass is 16.5. The van der Waals surface area contributed by atoms with Crippen molar-refractivity contribution in [3.63, 3.8) is 0 Å². The van der Waals surface area contributed by atoms with Crippen molar-refractivity contribution in [1.29, 1.82) is 0 Å². The summed E-state index contributed by atoms with van der Waals surface area (Å²) in [6.45, 7) is 0.666. The molecule has 1 saturated carbocycles. The van der Waals surface area contributed by atoms with Gasteiger partial charge in [0.15, 0.2) is 0 Å². The Morgan fingerprint density at radius 1 is 1.03 bits per heavy atom. The van der Waals surface area contributed by atoms with Crippen molar-refractivity contribution >= 4 is 18.0 Å². The number of benzene rings is 2. The van der Waals surface area contributed by atoms with Crippen LogP contribution in [0.4, 0.5) is 4.79 Å². The molecular weight excluding hydrogens is 448 g/mol. The maximum absolute atomic E-state index is 12.6. The standard InChI is InChI=1S/C27H30N2O6/c30-25(29-24(26(31)32)16-6-5-7-16)17-12-18(34-14-17)13-28-27(33)35-15-23-21-10-3-1-8-19(21)20-9-2-4-11-22(20)23/h1-4,8-11,16-18,23-24H,5-7,12-15H2,(H,28,33)(H,29,30)(H,31,32)/t17-,18-,24?/m0/s1. The largest absolute Gasteiger partial charge is 0.480 e. The van der Waals surface area contributed by atoms with Gasteiger partial charge >= 0.3 is 12.1 Å². The zero-order valence-electron chi connectivity index (χ0n) is 19.4. The van der Waals surface area contributed by atoms with Crippen molar-refractivity contribution in [3.8, 4) is 11.1 Å².